The van der Waals surface area contributed by atoms with Crippen molar-refractivity contribution in [3.8, 4) is 11.8 Å². The molecule has 0 unspecified atom stereocenters. The van der Waals surface area contributed by atoms with Crippen molar-refractivity contribution in [1.82, 2.24) is 10.0 Å². The van der Waals surface area contributed by atoms with Crippen molar-refractivity contribution in [2.75, 3.05) is 6.54 Å². The van der Waals surface area contributed by atoms with Crippen LogP contribution >= 0.6 is 0 Å². The van der Waals surface area contributed by atoms with E-state index in [4.69, 9.17) is 4.84 Å². The van der Waals surface area contributed by atoms with Gasteiger partial charge in [-0.2, -0.15) is 0 Å². The lowest BCUT2D eigenvalue weighted by atomic mass is 10.1. The molecule has 7 heteroatoms. The van der Waals surface area contributed by atoms with Crippen LogP contribution in [0.25, 0.3) is 0 Å². The Hall–Kier alpha value is -2.44. The van der Waals surface area contributed by atoms with Gasteiger partial charge in [0.2, 0.25) is 17.7 Å². The number of rotatable bonds is 13. The van der Waals surface area contributed by atoms with Crippen LogP contribution in [0.15, 0.2) is 24.3 Å². The summed E-state index contributed by atoms with van der Waals surface area (Å²) in [6, 6.07) is 2.49. The minimum absolute atomic E-state index is 0.0780. The minimum atomic E-state index is -0.483. The SMILES string of the molecule is C=C(C)C(=O)NCCCCCCCCCCC(=O)On1c(O)ccc1O. The highest BCUT2D eigenvalue weighted by molar-refractivity contribution is 5.91. The molecule has 0 bridgehead atoms. The molecule has 0 aliphatic heterocycles. The molecule has 146 valence electrons. The molecule has 3 N–H and O–H groups in total. The highest BCUT2D eigenvalue weighted by atomic mass is 16.7. The molecule has 26 heavy (non-hydrogen) atoms. The van der Waals surface area contributed by atoms with Crippen molar-refractivity contribution in [2.24, 2.45) is 0 Å². The number of aromatic nitrogens is 1. The first kappa shape index (κ1) is 21.6. The Morgan fingerprint density at radius 2 is 1.50 bits per heavy atom. The Balaban J connectivity index is 1.92. The Morgan fingerprint density at radius 1 is 1.00 bits per heavy atom. The summed E-state index contributed by atoms with van der Waals surface area (Å²) in [6.07, 6.45) is 8.42. The van der Waals surface area contributed by atoms with Crippen molar-refractivity contribution in [3.05, 3.63) is 24.3 Å². The van der Waals surface area contributed by atoms with Gasteiger partial charge in [0.1, 0.15) is 0 Å². The third-order valence-corrected chi connectivity index (χ3v) is 3.97. The Kier molecular flexibility index (Phi) is 9.97. The maximum atomic E-state index is 11.6. The third kappa shape index (κ3) is 8.60. The lowest BCUT2D eigenvalue weighted by Crippen LogP contribution is -2.24. The molecule has 1 aromatic heterocycles. The summed E-state index contributed by atoms with van der Waals surface area (Å²) in [4.78, 5) is 27.8. The first-order valence-corrected chi connectivity index (χ1v) is 9.16. The smallest absolute Gasteiger partial charge is 0.333 e. The number of hydrogen-bond donors (Lipinski definition) is 3. The summed E-state index contributed by atoms with van der Waals surface area (Å²) in [5.41, 5.74) is 0.538. The van der Waals surface area contributed by atoms with Crippen molar-refractivity contribution in [3.63, 3.8) is 0 Å². The van der Waals surface area contributed by atoms with Crippen molar-refractivity contribution in [2.45, 2.75) is 64.7 Å². The van der Waals surface area contributed by atoms with Gasteiger partial charge in [-0.25, -0.2) is 4.79 Å². The number of amides is 1. The number of carbonyl (C=O) groups excluding carboxylic acids is 2. The number of aromatic hydroxyl groups is 2. The van der Waals surface area contributed by atoms with Crippen molar-refractivity contribution < 1.29 is 24.6 Å². The zero-order valence-corrected chi connectivity index (χ0v) is 15.5. The monoisotopic (exact) mass is 366 g/mol. The number of hydrogen-bond acceptors (Lipinski definition) is 5. The van der Waals surface area contributed by atoms with Gasteiger partial charge in [-0.3, -0.25) is 4.79 Å². The molecule has 7 nitrogen and oxygen atoms in total. The average Bonchev–Trinajstić information content (AvgIpc) is 2.91. The van der Waals surface area contributed by atoms with Gasteiger partial charge < -0.3 is 20.4 Å². The lowest BCUT2D eigenvalue weighted by molar-refractivity contribution is -0.145. The van der Waals surface area contributed by atoms with E-state index in [1.54, 1.807) is 6.92 Å². The Bertz CT molecular complexity index is 575. The van der Waals surface area contributed by atoms with Gasteiger partial charge in [0.05, 0.1) is 0 Å². The third-order valence-electron chi connectivity index (χ3n) is 3.97. The zero-order valence-electron chi connectivity index (χ0n) is 15.5. The second-order valence-corrected chi connectivity index (χ2v) is 6.42. The lowest BCUT2D eigenvalue weighted by Gasteiger charge is -2.07. The molecule has 0 aromatic carbocycles. The first-order chi connectivity index (χ1) is 12.4. The van der Waals surface area contributed by atoms with Crippen molar-refractivity contribution >= 4 is 11.9 Å². The normalized spacial score (nSPS) is 10.5. The van der Waals surface area contributed by atoms with Crippen LogP contribution in [-0.2, 0) is 9.59 Å². The van der Waals surface area contributed by atoms with Crippen LogP contribution in [0, 0.1) is 0 Å². The summed E-state index contributed by atoms with van der Waals surface area (Å²) >= 11 is 0. The predicted molar refractivity (Wildman–Crippen MR) is 98.7 cm³/mol. The zero-order chi connectivity index (χ0) is 19.4. The number of unbranched alkanes of at least 4 members (excludes halogenated alkanes) is 7. The predicted octanol–water partition coefficient (Wildman–Crippen LogP) is 3.06. The quantitative estimate of drug-likeness (QED) is 0.368. The van der Waals surface area contributed by atoms with E-state index in [0.717, 1.165) is 44.9 Å². The van der Waals surface area contributed by atoms with Gasteiger partial charge >= 0.3 is 5.97 Å². The standard InChI is InChI=1S/C19H30N2O5/c1-15(2)19(25)20-14-10-8-6-4-3-5-7-9-11-18(24)26-21-16(22)12-13-17(21)23/h12-13,22-23H,1,3-11,14H2,2H3,(H,20,25). The van der Waals surface area contributed by atoms with Crippen LogP contribution in [0.1, 0.15) is 64.7 Å². The van der Waals surface area contributed by atoms with Crippen LogP contribution in [0.2, 0.25) is 0 Å². The number of nitrogens with zero attached hydrogens (tertiary/aromatic N) is 1. The van der Waals surface area contributed by atoms with E-state index >= 15 is 0 Å². The molecule has 0 saturated carbocycles. The second-order valence-electron chi connectivity index (χ2n) is 6.42. The molecule has 0 spiro atoms. The minimum Gasteiger partial charge on any atom is -0.492 e. The Morgan fingerprint density at radius 3 is 2.04 bits per heavy atom. The number of carbonyl (C=O) groups is 2. The van der Waals surface area contributed by atoms with Crippen LogP contribution in [0.4, 0.5) is 0 Å². The number of nitrogens with one attached hydrogen (secondary N) is 1. The molecular weight excluding hydrogens is 336 g/mol. The molecule has 0 aliphatic rings. The van der Waals surface area contributed by atoms with E-state index in [9.17, 15) is 19.8 Å². The molecule has 0 aliphatic carbocycles. The van der Waals surface area contributed by atoms with E-state index in [1.165, 1.54) is 12.1 Å². The van der Waals surface area contributed by atoms with E-state index < -0.39 is 5.97 Å². The average molecular weight is 366 g/mol. The van der Waals surface area contributed by atoms with Gasteiger partial charge in [0.15, 0.2) is 0 Å². The van der Waals surface area contributed by atoms with Crippen LogP contribution in [0.3, 0.4) is 0 Å². The molecule has 0 radical (unpaired) electrons. The van der Waals surface area contributed by atoms with E-state index in [1.807, 2.05) is 0 Å². The summed E-state index contributed by atoms with van der Waals surface area (Å²) in [5, 5.41) is 21.6. The van der Waals surface area contributed by atoms with Gasteiger partial charge in [-0.05, 0) is 19.8 Å². The molecule has 1 aromatic rings. The maximum Gasteiger partial charge on any atom is 0.333 e. The molecule has 1 rings (SSSR count). The molecule has 0 atom stereocenters. The summed E-state index contributed by atoms with van der Waals surface area (Å²) in [6.45, 7) is 5.98. The van der Waals surface area contributed by atoms with Crippen LogP contribution < -0.4 is 10.2 Å². The second kappa shape index (κ2) is 12.0. The van der Waals surface area contributed by atoms with E-state index in [-0.39, 0.29) is 24.1 Å². The maximum absolute atomic E-state index is 11.6. The molecule has 1 amide bonds. The topological polar surface area (TPSA) is 101 Å². The van der Waals surface area contributed by atoms with Crippen molar-refractivity contribution in [1.29, 1.82) is 0 Å². The summed E-state index contributed by atoms with van der Waals surface area (Å²) in [5.74, 6) is -1.18. The molecule has 0 fully saturated rings. The van der Waals surface area contributed by atoms with Gasteiger partial charge in [0, 0.05) is 30.7 Å². The van der Waals surface area contributed by atoms with E-state index in [2.05, 4.69) is 11.9 Å². The largest absolute Gasteiger partial charge is 0.492 e. The summed E-state index contributed by atoms with van der Waals surface area (Å²) in [7, 11) is 0. The fourth-order valence-electron chi connectivity index (χ4n) is 2.45. The van der Waals surface area contributed by atoms with Crippen LogP contribution in [-0.4, -0.2) is 33.4 Å². The molecule has 0 saturated heterocycles. The van der Waals surface area contributed by atoms with Crippen LogP contribution in [0.5, 0.6) is 11.8 Å². The fraction of sp³-hybridized carbons (Fsp3) is 0.579. The summed E-state index contributed by atoms with van der Waals surface area (Å²) < 4.78 is 0.709. The van der Waals surface area contributed by atoms with Gasteiger partial charge in [-0.15, -0.1) is 4.73 Å². The Labute approximate surface area is 154 Å². The highest BCUT2D eigenvalue weighted by Crippen LogP contribution is 2.19. The molecular formula is C19H30N2O5. The van der Waals surface area contributed by atoms with E-state index in [0.29, 0.717) is 23.3 Å². The molecule has 1 heterocycles. The first-order valence-electron chi connectivity index (χ1n) is 9.16. The van der Waals surface area contributed by atoms with Gasteiger partial charge in [-0.1, -0.05) is 45.1 Å². The fourth-order valence-corrected chi connectivity index (χ4v) is 2.45. The van der Waals surface area contributed by atoms with Gasteiger partial charge in [0.25, 0.3) is 0 Å². The highest BCUT2D eigenvalue weighted by Gasteiger charge is 2.11.